The second kappa shape index (κ2) is 5.04. The molecule has 0 bridgehead atoms. The lowest BCUT2D eigenvalue weighted by Gasteiger charge is -2.11. The SMILES string of the molecule is O=C(O)Nc1ccc(Br)c(Cl)c1NC(=O)O. The predicted octanol–water partition coefficient (Wildman–Crippen LogP) is 3.28. The highest BCUT2D eigenvalue weighted by molar-refractivity contribution is 9.10. The minimum Gasteiger partial charge on any atom is -0.465 e. The Labute approximate surface area is 103 Å². The Balaban J connectivity index is 3.20. The van der Waals surface area contributed by atoms with Crippen molar-refractivity contribution in [3.8, 4) is 0 Å². The van der Waals surface area contributed by atoms with Crippen LogP contribution >= 0.6 is 27.5 Å². The fraction of sp³-hybridized carbons (Fsp3) is 0. The Hall–Kier alpha value is -1.47. The third-order valence-electron chi connectivity index (χ3n) is 1.57. The summed E-state index contributed by atoms with van der Waals surface area (Å²) in [6.45, 7) is 0. The Bertz CT molecular complexity index is 452. The van der Waals surface area contributed by atoms with Crippen LogP contribution in [0.25, 0.3) is 0 Å². The van der Waals surface area contributed by atoms with Gasteiger partial charge in [0.1, 0.15) is 0 Å². The van der Waals surface area contributed by atoms with Gasteiger partial charge < -0.3 is 10.2 Å². The lowest BCUT2D eigenvalue weighted by Crippen LogP contribution is -2.13. The number of nitrogens with one attached hydrogen (secondary N) is 2. The number of hydrogen-bond acceptors (Lipinski definition) is 2. The Kier molecular flexibility index (Phi) is 3.97. The molecule has 6 nitrogen and oxygen atoms in total. The van der Waals surface area contributed by atoms with Crippen LogP contribution < -0.4 is 10.6 Å². The van der Waals surface area contributed by atoms with Gasteiger partial charge in [-0.25, -0.2) is 9.59 Å². The summed E-state index contributed by atoms with van der Waals surface area (Å²) in [5, 5.41) is 21.3. The highest BCUT2D eigenvalue weighted by atomic mass is 79.9. The van der Waals surface area contributed by atoms with Gasteiger partial charge in [-0.05, 0) is 28.1 Å². The van der Waals surface area contributed by atoms with Gasteiger partial charge in [0, 0.05) is 4.47 Å². The highest BCUT2D eigenvalue weighted by Crippen LogP contribution is 2.36. The van der Waals surface area contributed by atoms with Gasteiger partial charge in [0.2, 0.25) is 0 Å². The van der Waals surface area contributed by atoms with Crippen molar-refractivity contribution in [2.24, 2.45) is 0 Å². The molecule has 0 aromatic heterocycles. The first-order valence-corrected chi connectivity index (χ1v) is 5.07. The van der Waals surface area contributed by atoms with E-state index in [1.165, 1.54) is 12.1 Å². The molecular formula is C8H6BrClN2O4. The van der Waals surface area contributed by atoms with E-state index in [0.717, 1.165) is 0 Å². The summed E-state index contributed by atoms with van der Waals surface area (Å²) in [4.78, 5) is 21.0. The second-order valence-electron chi connectivity index (χ2n) is 2.64. The summed E-state index contributed by atoms with van der Waals surface area (Å²) >= 11 is 8.92. The van der Waals surface area contributed by atoms with Crippen LogP contribution in [-0.2, 0) is 0 Å². The molecule has 16 heavy (non-hydrogen) atoms. The second-order valence-corrected chi connectivity index (χ2v) is 3.88. The normalized spacial score (nSPS) is 9.62. The average Bonchev–Trinajstić information content (AvgIpc) is 2.16. The molecular weight excluding hydrogens is 303 g/mol. The van der Waals surface area contributed by atoms with E-state index in [4.69, 9.17) is 21.8 Å². The van der Waals surface area contributed by atoms with E-state index < -0.39 is 12.2 Å². The van der Waals surface area contributed by atoms with Crippen molar-refractivity contribution < 1.29 is 19.8 Å². The molecule has 0 spiro atoms. The summed E-state index contributed by atoms with van der Waals surface area (Å²) in [6.07, 6.45) is -2.65. The number of carboxylic acid groups (broad SMARTS) is 2. The molecule has 8 heteroatoms. The fourth-order valence-electron chi connectivity index (χ4n) is 0.999. The molecule has 0 atom stereocenters. The lowest BCUT2D eigenvalue weighted by atomic mass is 10.2. The van der Waals surface area contributed by atoms with Crippen molar-refractivity contribution in [1.82, 2.24) is 0 Å². The summed E-state index contributed by atoms with van der Waals surface area (Å²) in [6, 6.07) is 2.88. The van der Waals surface area contributed by atoms with Gasteiger partial charge in [0.25, 0.3) is 0 Å². The quantitative estimate of drug-likeness (QED) is 0.673. The molecule has 0 aliphatic rings. The fourth-order valence-corrected chi connectivity index (χ4v) is 1.54. The number of benzene rings is 1. The van der Waals surface area contributed by atoms with E-state index in [1.54, 1.807) is 0 Å². The standard InChI is InChI=1S/C8H6BrClN2O4/c9-3-1-2-4(11-7(13)14)6(5(3)10)12-8(15)16/h1-2,11-12H,(H,13,14)(H,15,16). The van der Waals surface area contributed by atoms with Crippen LogP contribution in [0.3, 0.4) is 0 Å². The Morgan fingerprint density at radius 3 is 2.25 bits per heavy atom. The van der Waals surface area contributed by atoms with Crippen molar-refractivity contribution in [2.45, 2.75) is 0 Å². The molecule has 0 aliphatic carbocycles. The number of amides is 2. The minimum absolute atomic E-state index is 0.0223. The average molecular weight is 310 g/mol. The van der Waals surface area contributed by atoms with Crippen LogP contribution in [-0.4, -0.2) is 22.4 Å². The van der Waals surface area contributed by atoms with E-state index in [9.17, 15) is 9.59 Å². The van der Waals surface area contributed by atoms with Crippen molar-refractivity contribution in [2.75, 3.05) is 10.6 Å². The van der Waals surface area contributed by atoms with Gasteiger partial charge in [-0.1, -0.05) is 11.6 Å². The van der Waals surface area contributed by atoms with E-state index in [2.05, 4.69) is 15.9 Å². The van der Waals surface area contributed by atoms with Crippen LogP contribution in [0.15, 0.2) is 16.6 Å². The first-order chi connectivity index (χ1) is 7.41. The predicted molar refractivity (Wildman–Crippen MR) is 62.4 cm³/mol. The largest absolute Gasteiger partial charge is 0.465 e. The summed E-state index contributed by atoms with van der Waals surface area (Å²) in [5.41, 5.74) is 0.0361. The summed E-state index contributed by atoms with van der Waals surface area (Å²) in [7, 11) is 0. The van der Waals surface area contributed by atoms with Crippen LogP contribution in [0.2, 0.25) is 5.02 Å². The molecule has 0 aliphatic heterocycles. The molecule has 0 saturated carbocycles. The number of carbonyl (C=O) groups is 2. The third-order valence-corrected chi connectivity index (χ3v) is 2.85. The van der Waals surface area contributed by atoms with Crippen molar-refractivity contribution in [3.05, 3.63) is 21.6 Å². The van der Waals surface area contributed by atoms with E-state index in [1.807, 2.05) is 10.6 Å². The topological polar surface area (TPSA) is 98.7 Å². The van der Waals surface area contributed by atoms with Gasteiger partial charge in [-0.15, -0.1) is 0 Å². The maximum absolute atomic E-state index is 10.5. The monoisotopic (exact) mass is 308 g/mol. The third kappa shape index (κ3) is 3.01. The minimum atomic E-state index is -1.34. The molecule has 4 N–H and O–H groups in total. The molecule has 1 aromatic carbocycles. The van der Waals surface area contributed by atoms with E-state index in [0.29, 0.717) is 4.47 Å². The molecule has 0 heterocycles. The van der Waals surface area contributed by atoms with Crippen LogP contribution in [0.4, 0.5) is 21.0 Å². The highest BCUT2D eigenvalue weighted by Gasteiger charge is 2.14. The number of halogens is 2. The molecule has 2 amide bonds. The van der Waals surface area contributed by atoms with Gasteiger partial charge >= 0.3 is 12.2 Å². The van der Waals surface area contributed by atoms with Gasteiger partial charge in [0.15, 0.2) is 0 Å². The van der Waals surface area contributed by atoms with Crippen LogP contribution in [0, 0.1) is 0 Å². The van der Waals surface area contributed by atoms with Crippen LogP contribution in [0.5, 0.6) is 0 Å². The lowest BCUT2D eigenvalue weighted by molar-refractivity contribution is 0.208. The zero-order valence-corrected chi connectivity index (χ0v) is 9.96. The van der Waals surface area contributed by atoms with E-state index in [-0.39, 0.29) is 16.4 Å². The molecule has 0 unspecified atom stereocenters. The van der Waals surface area contributed by atoms with Crippen molar-refractivity contribution >= 4 is 51.1 Å². The maximum Gasteiger partial charge on any atom is 0.409 e. The zero-order valence-electron chi connectivity index (χ0n) is 7.62. The number of rotatable bonds is 2. The zero-order chi connectivity index (χ0) is 12.3. The number of anilines is 2. The van der Waals surface area contributed by atoms with Crippen molar-refractivity contribution in [3.63, 3.8) is 0 Å². The van der Waals surface area contributed by atoms with Gasteiger partial charge in [-0.3, -0.25) is 10.6 Å². The molecule has 0 saturated heterocycles. The number of hydrogen-bond donors (Lipinski definition) is 4. The smallest absolute Gasteiger partial charge is 0.409 e. The Morgan fingerprint density at radius 1 is 1.19 bits per heavy atom. The summed E-state index contributed by atoms with van der Waals surface area (Å²) in [5.74, 6) is 0. The molecule has 0 radical (unpaired) electrons. The molecule has 86 valence electrons. The molecule has 1 rings (SSSR count). The van der Waals surface area contributed by atoms with E-state index >= 15 is 0 Å². The molecule has 1 aromatic rings. The molecule has 0 fully saturated rings. The van der Waals surface area contributed by atoms with Crippen molar-refractivity contribution in [1.29, 1.82) is 0 Å². The van der Waals surface area contributed by atoms with Gasteiger partial charge in [0.05, 0.1) is 16.4 Å². The van der Waals surface area contributed by atoms with Crippen LogP contribution in [0.1, 0.15) is 0 Å². The first kappa shape index (κ1) is 12.6. The van der Waals surface area contributed by atoms with Gasteiger partial charge in [-0.2, -0.15) is 0 Å². The summed E-state index contributed by atoms with van der Waals surface area (Å²) < 4.78 is 0.453. The first-order valence-electron chi connectivity index (χ1n) is 3.89. The maximum atomic E-state index is 10.5. The Morgan fingerprint density at radius 2 is 1.75 bits per heavy atom.